The number of benzene rings is 2. The van der Waals surface area contributed by atoms with Gasteiger partial charge in [0.1, 0.15) is 11.4 Å². The number of nitrogens with one attached hydrogen (secondary N) is 1. The zero-order valence-electron chi connectivity index (χ0n) is 12.1. The Labute approximate surface area is 123 Å². The highest BCUT2D eigenvalue weighted by Crippen LogP contribution is 2.29. The van der Waals surface area contributed by atoms with E-state index in [-0.39, 0.29) is 5.69 Å². The highest BCUT2D eigenvalue weighted by molar-refractivity contribution is 5.64. The molecule has 21 heavy (non-hydrogen) atoms. The molecule has 0 radical (unpaired) electrons. The van der Waals surface area contributed by atoms with Gasteiger partial charge in [-0.2, -0.15) is 0 Å². The van der Waals surface area contributed by atoms with Crippen molar-refractivity contribution in [2.75, 3.05) is 12.4 Å². The highest BCUT2D eigenvalue weighted by Gasteiger charge is 2.14. The van der Waals surface area contributed by atoms with Gasteiger partial charge in [-0.15, -0.1) is 0 Å². The molecule has 0 atom stereocenters. The van der Waals surface area contributed by atoms with Crippen molar-refractivity contribution in [1.82, 2.24) is 0 Å². The number of nitro benzene ring substituents is 1. The second-order valence-corrected chi connectivity index (χ2v) is 4.66. The molecule has 110 valence electrons. The number of ether oxygens (including phenoxy) is 1. The van der Waals surface area contributed by atoms with Crippen LogP contribution in [0.4, 0.5) is 11.4 Å². The summed E-state index contributed by atoms with van der Waals surface area (Å²) in [6.45, 7) is 2.63. The zero-order chi connectivity index (χ0) is 15.2. The third kappa shape index (κ3) is 3.72. The fourth-order valence-corrected chi connectivity index (χ4v) is 2.03. The monoisotopic (exact) mass is 286 g/mol. The number of hydrogen-bond acceptors (Lipinski definition) is 4. The van der Waals surface area contributed by atoms with Crippen LogP contribution in [0.1, 0.15) is 18.1 Å². The first-order valence-electron chi connectivity index (χ1n) is 6.78. The summed E-state index contributed by atoms with van der Waals surface area (Å²) in [5.74, 6) is 0.587. The maximum Gasteiger partial charge on any atom is 0.292 e. The molecule has 0 spiro atoms. The molecular weight excluding hydrogens is 268 g/mol. The largest absolute Gasteiger partial charge is 0.497 e. The smallest absolute Gasteiger partial charge is 0.292 e. The quantitative estimate of drug-likeness (QED) is 0.648. The van der Waals surface area contributed by atoms with Gasteiger partial charge in [0.2, 0.25) is 0 Å². The minimum Gasteiger partial charge on any atom is -0.497 e. The maximum atomic E-state index is 11.0. The molecule has 0 fully saturated rings. The topological polar surface area (TPSA) is 64.4 Å². The summed E-state index contributed by atoms with van der Waals surface area (Å²) in [6.07, 6.45) is 0.995. The van der Waals surface area contributed by atoms with Crippen LogP contribution in [0.2, 0.25) is 0 Å². The first-order valence-corrected chi connectivity index (χ1v) is 6.78. The molecule has 2 rings (SSSR count). The van der Waals surface area contributed by atoms with Gasteiger partial charge < -0.3 is 10.1 Å². The van der Waals surface area contributed by atoms with Crippen molar-refractivity contribution in [2.45, 2.75) is 19.9 Å². The van der Waals surface area contributed by atoms with Crippen LogP contribution >= 0.6 is 0 Å². The molecule has 5 nitrogen and oxygen atoms in total. The number of nitrogens with zero attached hydrogens (tertiary/aromatic N) is 1. The first-order chi connectivity index (χ1) is 10.1. The van der Waals surface area contributed by atoms with Gasteiger partial charge >= 0.3 is 0 Å². The summed E-state index contributed by atoms with van der Waals surface area (Å²) in [7, 11) is 1.54. The van der Waals surface area contributed by atoms with Crippen LogP contribution in [0.3, 0.4) is 0 Å². The van der Waals surface area contributed by atoms with Gasteiger partial charge in [-0.3, -0.25) is 10.1 Å². The van der Waals surface area contributed by atoms with E-state index in [1.54, 1.807) is 12.1 Å². The average molecular weight is 286 g/mol. The Balaban J connectivity index is 2.15. The Bertz CT molecular complexity index is 624. The van der Waals surface area contributed by atoms with Gasteiger partial charge in [0.25, 0.3) is 5.69 Å². The van der Waals surface area contributed by atoms with Gasteiger partial charge in [-0.1, -0.05) is 31.2 Å². The third-order valence-corrected chi connectivity index (χ3v) is 3.31. The molecule has 0 unspecified atom stereocenters. The minimum absolute atomic E-state index is 0.0426. The lowest BCUT2D eigenvalue weighted by Crippen LogP contribution is -2.03. The summed E-state index contributed by atoms with van der Waals surface area (Å²) in [5, 5.41) is 14.1. The van der Waals surface area contributed by atoms with Crippen molar-refractivity contribution in [3.05, 3.63) is 63.7 Å². The van der Waals surface area contributed by atoms with Crippen molar-refractivity contribution < 1.29 is 9.66 Å². The lowest BCUT2D eigenvalue weighted by atomic mass is 10.1. The van der Waals surface area contributed by atoms with Crippen molar-refractivity contribution in [1.29, 1.82) is 0 Å². The van der Waals surface area contributed by atoms with Crippen LogP contribution in [0.15, 0.2) is 42.5 Å². The second-order valence-electron chi connectivity index (χ2n) is 4.66. The van der Waals surface area contributed by atoms with E-state index in [0.717, 1.165) is 12.0 Å². The number of hydrogen-bond donors (Lipinski definition) is 1. The van der Waals surface area contributed by atoms with Crippen LogP contribution in [-0.4, -0.2) is 12.0 Å². The first kappa shape index (κ1) is 14.8. The van der Waals surface area contributed by atoms with E-state index in [4.69, 9.17) is 4.74 Å². The molecule has 0 heterocycles. The normalized spacial score (nSPS) is 10.2. The van der Waals surface area contributed by atoms with Gasteiger partial charge in [-0.05, 0) is 23.6 Å². The Kier molecular flexibility index (Phi) is 4.77. The molecule has 5 heteroatoms. The third-order valence-electron chi connectivity index (χ3n) is 3.31. The maximum absolute atomic E-state index is 11.0. The molecule has 1 N–H and O–H groups in total. The molecule has 2 aromatic carbocycles. The number of anilines is 1. The van der Waals surface area contributed by atoms with E-state index in [0.29, 0.717) is 18.0 Å². The summed E-state index contributed by atoms with van der Waals surface area (Å²) < 4.78 is 5.11. The number of aryl methyl sites for hydroxylation is 1. The van der Waals surface area contributed by atoms with Gasteiger partial charge in [0.15, 0.2) is 0 Å². The van der Waals surface area contributed by atoms with Gasteiger partial charge in [0, 0.05) is 18.7 Å². The second kappa shape index (κ2) is 6.74. The van der Waals surface area contributed by atoms with Crippen molar-refractivity contribution >= 4 is 11.4 Å². The summed E-state index contributed by atoms with van der Waals surface area (Å²) in [4.78, 5) is 10.6. The standard InChI is InChI=1S/C16H18N2O3/c1-3-12-4-6-13(7-5-12)11-17-15-10-14(21-2)8-9-16(15)18(19)20/h4-10,17H,3,11H2,1-2H3. The number of methoxy groups -OCH3 is 1. The molecule has 0 aliphatic heterocycles. The van der Waals surface area contributed by atoms with Crippen LogP contribution in [0, 0.1) is 10.1 Å². The summed E-state index contributed by atoms with van der Waals surface area (Å²) in [6, 6.07) is 12.9. The van der Waals surface area contributed by atoms with E-state index >= 15 is 0 Å². The van der Waals surface area contributed by atoms with Crippen molar-refractivity contribution in [2.24, 2.45) is 0 Å². The van der Waals surface area contributed by atoms with E-state index in [2.05, 4.69) is 24.4 Å². The van der Waals surface area contributed by atoms with E-state index < -0.39 is 4.92 Å². The van der Waals surface area contributed by atoms with Gasteiger partial charge in [0.05, 0.1) is 12.0 Å². The predicted molar refractivity (Wildman–Crippen MR) is 82.8 cm³/mol. The fourth-order valence-electron chi connectivity index (χ4n) is 2.03. The molecule has 0 bridgehead atoms. The van der Waals surface area contributed by atoms with Crippen LogP contribution < -0.4 is 10.1 Å². The summed E-state index contributed by atoms with van der Waals surface area (Å²) >= 11 is 0. The Hall–Kier alpha value is -2.56. The molecule has 0 aliphatic rings. The molecule has 2 aromatic rings. The zero-order valence-corrected chi connectivity index (χ0v) is 12.1. The van der Waals surface area contributed by atoms with E-state index in [1.807, 2.05) is 12.1 Å². The molecule has 0 aromatic heterocycles. The lowest BCUT2D eigenvalue weighted by Gasteiger charge is -2.09. The minimum atomic E-state index is -0.401. The van der Waals surface area contributed by atoms with E-state index in [1.165, 1.54) is 18.7 Å². The Morgan fingerprint density at radius 1 is 1.14 bits per heavy atom. The number of rotatable bonds is 6. The Morgan fingerprint density at radius 3 is 2.38 bits per heavy atom. The fraction of sp³-hybridized carbons (Fsp3) is 0.250. The average Bonchev–Trinajstić information content (AvgIpc) is 2.52. The summed E-state index contributed by atoms with van der Waals surface area (Å²) in [5.41, 5.74) is 2.84. The van der Waals surface area contributed by atoms with Gasteiger partial charge in [-0.25, -0.2) is 0 Å². The number of nitro groups is 1. The van der Waals surface area contributed by atoms with Crippen LogP contribution in [0.5, 0.6) is 5.75 Å². The molecule has 0 amide bonds. The molecule has 0 saturated heterocycles. The van der Waals surface area contributed by atoms with Crippen LogP contribution in [-0.2, 0) is 13.0 Å². The predicted octanol–water partition coefficient (Wildman–Crippen LogP) is 3.78. The SMILES string of the molecule is CCc1ccc(CNc2cc(OC)ccc2[N+](=O)[O-])cc1. The van der Waals surface area contributed by atoms with E-state index in [9.17, 15) is 10.1 Å². The molecule has 0 aliphatic carbocycles. The van der Waals surface area contributed by atoms with Crippen LogP contribution in [0.25, 0.3) is 0 Å². The molecular formula is C16H18N2O3. The van der Waals surface area contributed by atoms with Crippen molar-refractivity contribution in [3.8, 4) is 5.75 Å². The highest BCUT2D eigenvalue weighted by atomic mass is 16.6. The van der Waals surface area contributed by atoms with Crippen molar-refractivity contribution in [3.63, 3.8) is 0 Å². The lowest BCUT2D eigenvalue weighted by molar-refractivity contribution is -0.384. The Morgan fingerprint density at radius 2 is 1.81 bits per heavy atom. The molecule has 0 saturated carbocycles.